The van der Waals surface area contributed by atoms with Gasteiger partial charge in [0, 0.05) is 38.8 Å². The van der Waals surface area contributed by atoms with Crippen LogP contribution in [-0.4, -0.2) is 67.1 Å². The molecular formula is C16H22F2N2O3. The Morgan fingerprint density at radius 1 is 1.30 bits per heavy atom. The minimum atomic E-state index is -3.58. The molecule has 1 fully saturated rings. The third kappa shape index (κ3) is 3.73. The summed E-state index contributed by atoms with van der Waals surface area (Å²) in [6.45, 7) is 3.67. The molecule has 1 atom stereocenters. The molecule has 1 aromatic rings. The quantitative estimate of drug-likeness (QED) is 0.888. The summed E-state index contributed by atoms with van der Waals surface area (Å²) < 4.78 is 35.6. The van der Waals surface area contributed by atoms with Crippen molar-refractivity contribution in [2.75, 3.05) is 39.8 Å². The maximum atomic E-state index is 13.2. The second kappa shape index (κ2) is 6.59. The molecule has 0 saturated carbocycles. The number of ether oxygens (including phenoxy) is 2. The molecule has 1 saturated heterocycles. The lowest BCUT2D eigenvalue weighted by Crippen LogP contribution is -2.52. The second-order valence-corrected chi connectivity index (χ2v) is 6.13. The molecule has 0 aliphatic carbocycles. The van der Waals surface area contributed by atoms with E-state index in [4.69, 9.17) is 0 Å². The summed E-state index contributed by atoms with van der Waals surface area (Å²) in [5.41, 5.74) is 0.723. The smallest absolute Gasteiger partial charge is 0.396 e. The second-order valence-electron chi connectivity index (χ2n) is 6.13. The van der Waals surface area contributed by atoms with Crippen LogP contribution in [0.25, 0.3) is 0 Å². The minimum Gasteiger partial charge on any atom is -0.396 e. The fourth-order valence-corrected chi connectivity index (χ4v) is 3.25. The molecule has 5 nitrogen and oxygen atoms in total. The van der Waals surface area contributed by atoms with Crippen LogP contribution in [0.15, 0.2) is 18.2 Å². The molecule has 2 aliphatic heterocycles. The van der Waals surface area contributed by atoms with Crippen molar-refractivity contribution in [3.05, 3.63) is 23.8 Å². The van der Waals surface area contributed by atoms with E-state index in [-0.39, 0.29) is 24.1 Å². The van der Waals surface area contributed by atoms with Gasteiger partial charge in [0.05, 0.1) is 0 Å². The number of benzene rings is 1. The number of likely N-dealkylation sites (N-methyl/N-ethyl adjacent to an activating group) is 1. The van der Waals surface area contributed by atoms with E-state index in [9.17, 15) is 13.9 Å². The number of aliphatic hydroxyl groups excluding tert-OH is 1. The standard InChI is InChI=1S/C16H22F2N2O3/c1-19-8-9-20(13(11-19)6-10-21)7-5-12-3-2-4-14-15(12)23-16(17,18)22-14/h2-4,13,21H,5-11H2,1H3. The predicted octanol–water partition coefficient (Wildman–Crippen LogP) is 1.55. The molecule has 0 spiro atoms. The highest BCUT2D eigenvalue weighted by Gasteiger charge is 2.44. The Labute approximate surface area is 134 Å². The highest BCUT2D eigenvalue weighted by Crippen LogP contribution is 2.43. The number of hydrogen-bond acceptors (Lipinski definition) is 5. The zero-order valence-electron chi connectivity index (χ0n) is 13.2. The largest absolute Gasteiger partial charge is 0.586 e. The van der Waals surface area contributed by atoms with E-state index in [1.807, 2.05) is 0 Å². The molecule has 1 N–H and O–H groups in total. The summed E-state index contributed by atoms with van der Waals surface area (Å²) >= 11 is 0. The normalized spacial score (nSPS) is 24.1. The highest BCUT2D eigenvalue weighted by atomic mass is 19.3. The summed E-state index contributed by atoms with van der Waals surface area (Å²) in [7, 11) is 2.07. The van der Waals surface area contributed by atoms with E-state index in [0.29, 0.717) is 6.42 Å². The summed E-state index contributed by atoms with van der Waals surface area (Å²) in [6.07, 6.45) is -2.26. The molecule has 2 heterocycles. The molecule has 23 heavy (non-hydrogen) atoms. The number of aliphatic hydroxyl groups is 1. The van der Waals surface area contributed by atoms with E-state index in [2.05, 4.69) is 26.3 Å². The molecule has 1 unspecified atom stereocenters. The topological polar surface area (TPSA) is 45.2 Å². The van der Waals surface area contributed by atoms with Crippen molar-refractivity contribution in [3.8, 4) is 11.5 Å². The lowest BCUT2D eigenvalue weighted by atomic mass is 10.1. The van der Waals surface area contributed by atoms with E-state index in [1.54, 1.807) is 12.1 Å². The van der Waals surface area contributed by atoms with Crippen molar-refractivity contribution < 1.29 is 23.4 Å². The lowest BCUT2D eigenvalue weighted by molar-refractivity contribution is -0.286. The maximum Gasteiger partial charge on any atom is 0.586 e. The molecular weight excluding hydrogens is 306 g/mol. The molecule has 0 bridgehead atoms. The molecule has 0 aromatic heterocycles. The van der Waals surface area contributed by atoms with Crippen molar-refractivity contribution >= 4 is 0 Å². The summed E-state index contributed by atoms with van der Waals surface area (Å²) in [5, 5.41) is 9.23. The number of fused-ring (bicyclic) bond motifs is 1. The Morgan fingerprint density at radius 3 is 2.91 bits per heavy atom. The lowest BCUT2D eigenvalue weighted by Gasteiger charge is -2.40. The van der Waals surface area contributed by atoms with Crippen molar-refractivity contribution in [3.63, 3.8) is 0 Å². The first-order valence-corrected chi connectivity index (χ1v) is 7.90. The molecule has 7 heteroatoms. The van der Waals surface area contributed by atoms with E-state index >= 15 is 0 Å². The number of piperazine rings is 1. The number of hydrogen-bond donors (Lipinski definition) is 1. The van der Waals surface area contributed by atoms with Crippen LogP contribution in [0.2, 0.25) is 0 Å². The Hall–Kier alpha value is -1.44. The predicted molar refractivity (Wildman–Crippen MR) is 80.9 cm³/mol. The van der Waals surface area contributed by atoms with Crippen LogP contribution in [0.1, 0.15) is 12.0 Å². The Kier molecular flexibility index (Phi) is 4.70. The number of halogens is 2. The van der Waals surface area contributed by atoms with Crippen molar-refractivity contribution in [2.24, 2.45) is 0 Å². The van der Waals surface area contributed by atoms with Crippen LogP contribution in [0, 0.1) is 0 Å². The van der Waals surface area contributed by atoms with Gasteiger partial charge in [-0.3, -0.25) is 4.90 Å². The van der Waals surface area contributed by atoms with Gasteiger partial charge in [0.25, 0.3) is 0 Å². The average molecular weight is 328 g/mol. The zero-order valence-corrected chi connectivity index (χ0v) is 13.2. The molecule has 1 aromatic carbocycles. The molecule has 0 amide bonds. The Morgan fingerprint density at radius 2 is 2.13 bits per heavy atom. The van der Waals surface area contributed by atoms with Crippen LogP contribution >= 0.6 is 0 Å². The summed E-state index contributed by atoms with van der Waals surface area (Å²) in [5.74, 6) is 0.239. The number of para-hydroxylation sites is 1. The number of alkyl halides is 2. The van der Waals surface area contributed by atoms with Gasteiger partial charge < -0.3 is 19.5 Å². The monoisotopic (exact) mass is 328 g/mol. The minimum absolute atomic E-state index is 0.0952. The van der Waals surface area contributed by atoms with Gasteiger partial charge >= 0.3 is 6.29 Å². The fourth-order valence-electron chi connectivity index (χ4n) is 3.25. The van der Waals surface area contributed by atoms with Gasteiger partial charge in [-0.15, -0.1) is 8.78 Å². The summed E-state index contributed by atoms with van der Waals surface area (Å²) in [4.78, 5) is 4.55. The maximum absolute atomic E-state index is 13.2. The Balaban J connectivity index is 1.66. The van der Waals surface area contributed by atoms with Gasteiger partial charge in [0.1, 0.15) is 0 Å². The van der Waals surface area contributed by atoms with Gasteiger partial charge in [-0.1, -0.05) is 12.1 Å². The first-order chi connectivity index (χ1) is 11.0. The molecule has 0 radical (unpaired) electrons. The molecule has 2 aliphatic rings. The van der Waals surface area contributed by atoms with Crippen molar-refractivity contribution in [1.82, 2.24) is 9.80 Å². The first kappa shape index (κ1) is 16.4. The van der Waals surface area contributed by atoms with Crippen molar-refractivity contribution in [2.45, 2.75) is 25.2 Å². The van der Waals surface area contributed by atoms with Gasteiger partial charge in [0.15, 0.2) is 11.5 Å². The highest BCUT2D eigenvalue weighted by molar-refractivity contribution is 5.48. The number of rotatable bonds is 5. The van der Waals surface area contributed by atoms with Crippen LogP contribution in [-0.2, 0) is 6.42 Å². The third-order valence-corrected chi connectivity index (χ3v) is 4.45. The Bertz CT molecular complexity index is 556. The van der Waals surface area contributed by atoms with E-state index in [1.165, 1.54) is 6.07 Å². The molecule has 3 rings (SSSR count). The van der Waals surface area contributed by atoms with Gasteiger partial charge in [-0.2, -0.15) is 0 Å². The van der Waals surface area contributed by atoms with Crippen LogP contribution < -0.4 is 9.47 Å². The van der Waals surface area contributed by atoms with Gasteiger partial charge in [-0.25, -0.2) is 0 Å². The van der Waals surface area contributed by atoms with E-state index < -0.39 is 6.29 Å². The third-order valence-electron chi connectivity index (χ3n) is 4.45. The average Bonchev–Trinajstić information content (AvgIpc) is 2.81. The fraction of sp³-hybridized carbons (Fsp3) is 0.625. The number of nitrogens with zero attached hydrogens (tertiary/aromatic N) is 2. The van der Waals surface area contributed by atoms with Crippen LogP contribution in [0.4, 0.5) is 8.78 Å². The molecule has 128 valence electrons. The van der Waals surface area contributed by atoms with Gasteiger partial charge in [-0.05, 0) is 31.5 Å². The van der Waals surface area contributed by atoms with Crippen LogP contribution in [0.5, 0.6) is 11.5 Å². The first-order valence-electron chi connectivity index (χ1n) is 7.90. The van der Waals surface area contributed by atoms with E-state index in [0.717, 1.165) is 38.2 Å². The van der Waals surface area contributed by atoms with Crippen LogP contribution in [0.3, 0.4) is 0 Å². The SMILES string of the molecule is CN1CCN(CCc2cccc3c2OC(F)(F)O3)C(CCO)C1. The van der Waals surface area contributed by atoms with Gasteiger partial charge in [0.2, 0.25) is 0 Å². The summed E-state index contributed by atoms with van der Waals surface area (Å²) in [6, 6.07) is 5.27. The zero-order chi connectivity index (χ0) is 16.4. The van der Waals surface area contributed by atoms with Crippen molar-refractivity contribution in [1.29, 1.82) is 0 Å².